The summed E-state index contributed by atoms with van der Waals surface area (Å²) in [6.07, 6.45) is 7.31. The molecule has 2 aromatic rings. The molecule has 1 aliphatic carbocycles. The molecule has 4 rings (SSSR count). The third-order valence-electron chi connectivity index (χ3n) is 6.63. The Morgan fingerprint density at radius 1 is 0.871 bits per heavy atom. The van der Waals surface area contributed by atoms with E-state index < -0.39 is 0 Å². The smallest absolute Gasteiger partial charge is 0.253 e. The molecule has 31 heavy (non-hydrogen) atoms. The van der Waals surface area contributed by atoms with Crippen LogP contribution < -0.4 is 15.5 Å². The molecule has 0 bridgehead atoms. The van der Waals surface area contributed by atoms with E-state index in [0.29, 0.717) is 11.3 Å². The molecule has 0 radical (unpaired) electrons. The topological polar surface area (TPSA) is 61.4 Å². The highest BCUT2D eigenvalue weighted by molar-refractivity contribution is 6.04. The van der Waals surface area contributed by atoms with E-state index in [-0.39, 0.29) is 23.8 Å². The predicted octanol–water partition coefficient (Wildman–Crippen LogP) is 4.91. The normalized spacial score (nSPS) is 17.9. The van der Waals surface area contributed by atoms with Crippen LogP contribution in [0, 0.1) is 12.8 Å². The van der Waals surface area contributed by atoms with Crippen molar-refractivity contribution in [3.8, 4) is 0 Å². The quantitative estimate of drug-likeness (QED) is 0.724. The first-order valence-corrected chi connectivity index (χ1v) is 11.6. The fourth-order valence-electron chi connectivity index (χ4n) is 4.69. The number of rotatable bonds is 5. The van der Waals surface area contributed by atoms with Gasteiger partial charge in [-0.25, -0.2) is 0 Å². The fourth-order valence-corrected chi connectivity index (χ4v) is 4.69. The zero-order valence-electron chi connectivity index (χ0n) is 18.4. The summed E-state index contributed by atoms with van der Waals surface area (Å²) in [7, 11) is 0. The van der Waals surface area contributed by atoms with E-state index in [0.717, 1.165) is 38.8 Å². The Hall–Kier alpha value is -2.82. The van der Waals surface area contributed by atoms with Crippen LogP contribution >= 0.6 is 0 Å². The van der Waals surface area contributed by atoms with Gasteiger partial charge in [0.2, 0.25) is 5.91 Å². The number of hydrogen-bond acceptors (Lipinski definition) is 3. The van der Waals surface area contributed by atoms with Gasteiger partial charge in [-0.2, -0.15) is 0 Å². The van der Waals surface area contributed by atoms with Gasteiger partial charge in [-0.05, 0) is 56.9 Å². The van der Waals surface area contributed by atoms with Crippen LogP contribution in [0.1, 0.15) is 60.9 Å². The second kappa shape index (κ2) is 9.99. The number of benzene rings is 2. The third-order valence-corrected chi connectivity index (χ3v) is 6.63. The van der Waals surface area contributed by atoms with Crippen LogP contribution in [0.25, 0.3) is 0 Å². The number of carbonyl (C=O) groups is 2. The monoisotopic (exact) mass is 419 g/mol. The lowest BCUT2D eigenvalue weighted by atomic mass is 9.94. The van der Waals surface area contributed by atoms with Crippen LogP contribution in [0.5, 0.6) is 0 Å². The maximum absolute atomic E-state index is 13.0. The molecule has 2 N–H and O–H groups in total. The van der Waals surface area contributed by atoms with Gasteiger partial charge in [-0.3, -0.25) is 9.59 Å². The van der Waals surface area contributed by atoms with E-state index in [1.165, 1.54) is 30.5 Å². The summed E-state index contributed by atoms with van der Waals surface area (Å²) >= 11 is 0. The van der Waals surface area contributed by atoms with E-state index in [2.05, 4.69) is 46.7 Å². The second-order valence-corrected chi connectivity index (χ2v) is 8.94. The molecule has 0 atom stereocenters. The SMILES string of the molecule is Cc1ccc(N2CCC(C(=O)Nc3ccccc3C(=O)NC3CCCCC3)CC2)cc1. The van der Waals surface area contributed by atoms with Crippen molar-refractivity contribution in [3.05, 3.63) is 59.7 Å². The molecule has 5 nitrogen and oxygen atoms in total. The highest BCUT2D eigenvalue weighted by Crippen LogP contribution is 2.26. The van der Waals surface area contributed by atoms with Crippen LogP contribution in [0.4, 0.5) is 11.4 Å². The Kier molecular flexibility index (Phi) is 6.90. The number of nitrogens with one attached hydrogen (secondary N) is 2. The van der Waals surface area contributed by atoms with Gasteiger partial charge in [0.05, 0.1) is 11.3 Å². The zero-order chi connectivity index (χ0) is 21.6. The molecule has 1 saturated carbocycles. The molecule has 164 valence electrons. The Labute approximate surface area is 185 Å². The van der Waals surface area contributed by atoms with Crippen LogP contribution in [-0.4, -0.2) is 30.9 Å². The fraction of sp³-hybridized carbons (Fsp3) is 0.462. The number of hydrogen-bond donors (Lipinski definition) is 2. The Bertz CT molecular complexity index is 895. The van der Waals surface area contributed by atoms with Gasteiger partial charge < -0.3 is 15.5 Å². The van der Waals surface area contributed by atoms with Crippen molar-refractivity contribution in [1.29, 1.82) is 0 Å². The van der Waals surface area contributed by atoms with E-state index in [9.17, 15) is 9.59 Å². The standard InChI is InChI=1S/C26H33N3O2/c1-19-11-13-22(14-12-19)29-17-15-20(16-18-29)25(30)28-24-10-6-5-9-23(24)26(31)27-21-7-3-2-4-8-21/h5-6,9-14,20-21H,2-4,7-8,15-18H2,1H3,(H,27,31)(H,28,30). The molecule has 0 unspecified atom stereocenters. The Morgan fingerprint density at radius 2 is 1.55 bits per heavy atom. The highest BCUT2D eigenvalue weighted by atomic mass is 16.2. The van der Waals surface area contributed by atoms with Crippen molar-refractivity contribution in [2.45, 2.75) is 57.9 Å². The average Bonchev–Trinajstić information content (AvgIpc) is 2.81. The molecule has 1 heterocycles. The van der Waals surface area contributed by atoms with Crippen molar-refractivity contribution in [3.63, 3.8) is 0 Å². The predicted molar refractivity (Wildman–Crippen MR) is 126 cm³/mol. The lowest BCUT2D eigenvalue weighted by Crippen LogP contribution is -2.39. The summed E-state index contributed by atoms with van der Waals surface area (Å²) in [4.78, 5) is 28.1. The molecular weight excluding hydrogens is 386 g/mol. The van der Waals surface area contributed by atoms with Gasteiger partial charge in [-0.1, -0.05) is 49.1 Å². The molecule has 0 spiro atoms. The van der Waals surface area contributed by atoms with Crippen molar-refractivity contribution < 1.29 is 9.59 Å². The third kappa shape index (κ3) is 5.46. The van der Waals surface area contributed by atoms with Gasteiger partial charge in [0.15, 0.2) is 0 Å². The van der Waals surface area contributed by atoms with Crippen molar-refractivity contribution in [2.75, 3.05) is 23.3 Å². The number of carbonyl (C=O) groups excluding carboxylic acids is 2. The molecule has 2 aliphatic rings. The molecule has 0 aromatic heterocycles. The lowest BCUT2D eigenvalue weighted by molar-refractivity contribution is -0.120. The average molecular weight is 420 g/mol. The summed E-state index contributed by atoms with van der Waals surface area (Å²) < 4.78 is 0. The minimum Gasteiger partial charge on any atom is -0.371 e. The lowest BCUT2D eigenvalue weighted by Gasteiger charge is -2.33. The van der Waals surface area contributed by atoms with Crippen molar-refractivity contribution in [2.24, 2.45) is 5.92 Å². The molecule has 5 heteroatoms. The molecule has 1 saturated heterocycles. The van der Waals surface area contributed by atoms with E-state index in [1.54, 1.807) is 6.07 Å². The van der Waals surface area contributed by atoms with Gasteiger partial charge in [0, 0.05) is 30.7 Å². The number of aryl methyl sites for hydroxylation is 1. The van der Waals surface area contributed by atoms with Crippen molar-refractivity contribution >= 4 is 23.2 Å². The number of anilines is 2. The summed E-state index contributed by atoms with van der Waals surface area (Å²) in [6, 6.07) is 16.2. The first-order chi connectivity index (χ1) is 15.1. The number of piperidine rings is 1. The summed E-state index contributed by atoms with van der Waals surface area (Å²) in [5.41, 5.74) is 3.64. The van der Waals surface area contributed by atoms with E-state index >= 15 is 0 Å². The summed E-state index contributed by atoms with van der Waals surface area (Å²) in [6.45, 7) is 3.82. The molecule has 2 aromatic carbocycles. The van der Waals surface area contributed by atoms with Gasteiger partial charge in [0.25, 0.3) is 5.91 Å². The Morgan fingerprint density at radius 3 is 2.26 bits per heavy atom. The second-order valence-electron chi connectivity index (χ2n) is 8.94. The van der Waals surface area contributed by atoms with E-state index in [4.69, 9.17) is 0 Å². The van der Waals surface area contributed by atoms with Gasteiger partial charge in [-0.15, -0.1) is 0 Å². The zero-order valence-corrected chi connectivity index (χ0v) is 18.4. The van der Waals surface area contributed by atoms with Crippen LogP contribution in [0.15, 0.2) is 48.5 Å². The molecule has 2 fully saturated rings. The molecule has 1 aliphatic heterocycles. The Balaban J connectivity index is 1.34. The first-order valence-electron chi connectivity index (χ1n) is 11.6. The number of para-hydroxylation sites is 1. The molecular formula is C26H33N3O2. The van der Waals surface area contributed by atoms with Crippen LogP contribution in [0.3, 0.4) is 0 Å². The summed E-state index contributed by atoms with van der Waals surface area (Å²) in [5.74, 6) is -0.102. The van der Waals surface area contributed by atoms with Gasteiger partial charge in [0.1, 0.15) is 0 Å². The number of amides is 2. The van der Waals surface area contributed by atoms with Gasteiger partial charge >= 0.3 is 0 Å². The highest BCUT2D eigenvalue weighted by Gasteiger charge is 2.26. The van der Waals surface area contributed by atoms with E-state index in [1.807, 2.05) is 18.2 Å². The van der Waals surface area contributed by atoms with Crippen LogP contribution in [0.2, 0.25) is 0 Å². The van der Waals surface area contributed by atoms with Crippen LogP contribution in [-0.2, 0) is 4.79 Å². The largest absolute Gasteiger partial charge is 0.371 e. The maximum Gasteiger partial charge on any atom is 0.253 e. The maximum atomic E-state index is 13.0. The number of nitrogens with zero attached hydrogens (tertiary/aromatic N) is 1. The van der Waals surface area contributed by atoms with Crippen molar-refractivity contribution in [1.82, 2.24) is 5.32 Å². The first kappa shape index (κ1) is 21.4. The minimum absolute atomic E-state index is 0.0153. The molecule has 2 amide bonds. The summed E-state index contributed by atoms with van der Waals surface area (Å²) in [5, 5.41) is 6.20. The minimum atomic E-state index is -0.0861.